The van der Waals surface area contributed by atoms with Crippen LogP contribution in [-0.2, 0) is 4.74 Å². The standard InChI is InChI=1S/C9H19ClOS/c1-2-3-6-11-7-9-12-8-4-5-10/h2-9H2,1H3. The van der Waals surface area contributed by atoms with Crippen molar-refractivity contribution in [3.05, 3.63) is 0 Å². The molecule has 0 saturated heterocycles. The minimum atomic E-state index is 0.781. The van der Waals surface area contributed by atoms with Crippen molar-refractivity contribution in [2.45, 2.75) is 26.2 Å². The Morgan fingerprint density at radius 1 is 1.17 bits per heavy atom. The lowest BCUT2D eigenvalue weighted by Crippen LogP contribution is -1.99. The van der Waals surface area contributed by atoms with Crippen LogP contribution in [0.5, 0.6) is 0 Å². The largest absolute Gasteiger partial charge is 0.381 e. The van der Waals surface area contributed by atoms with Gasteiger partial charge in [-0.1, -0.05) is 13.3 Å². The Morgan fingerprint density at radius 2 is 2.00 bits per heavy atom. The lowest BCUT2D eigenvalue weighted by molar-refractivity contribution is 0.147. The third-order valence-corrected chi connectivity index (χ3v) is 2.74. The average molecular weight is 211 g/mol. The van der Waals surface area contributed by atoms with Crippen molar-refractivity contribution in [3.63, 3.8) is 0 Å². The van der Waals surface area contributed by atoms with E-state index in [1.807, 2.05) is 11.8 Å². The van der Waals surface area contributed by atoms with Gasteiger partial charge >= 0.3 is 0 Å². The molecule has 0 fully saturated rings. The molecule has 0 bridgehead atoms. The van der Waals surface area contributed by atoms with Gasteiger partial charge in [-0.25, -0.2) is 0 Å². The minimum Gasteiger partial charge on any atom is -0.381 e. The Morgan fingerprint density at radius 3 is 2.67 bits per heavy atom. The quantitative estimate of drug-likeness (QED) is 0.427. The van der Waals surface area contributed by atoms with Gasteiger partial charge in [-0.05, 0) is 18.6 Å². The molecule has 0 aromatic heterocycles. The van der Waals surface area contributed by atoms with Gasteiger partial charge in [-0.3, -0.25) is 0 Å². The summed E-state index contributed by atoms with van der Waals surface area (Å²) < 4.78 is 5.40. The van der Waals surface area contributed by atoms with Gasteiger partial charge in [0, 0.05) is 18.2 Å². The zero-order valence-corrected chi connectivity index (χ0v) is 9.42. The van der Waals surface area contributed by atoms with Crippen molar-refractivity contribution in [1.82, 2.24) is 0 Å². The van der Waals surface area contributed by atoms with Crippen molar-refractivity contribution in [2.75, 3.05) is 30.6 Å². The summed E-state index contributed by atoms with van der Waals surface area (Å²) in [5.41, 5.74) is 0. The van der Waals surface area contributed by atoms with Crippen molar-refractivity contribution < 1.29 is 4.74 Å². The maximum atomic E-state index is 5.54. The molecule has 0 saturated carbocycles. The van der Waals surface area contributed by atoms with Gasteiger partial charge in [0.1, 0.15) is 0 Å². The first kappa shape index (κ1) is 12.6. The molecule has 0 radical (unpaired) electrons. The van der Waals surface area contributed by atoms with Gasteiger partial charge in [0.15, 0.2) is 0 Å². The molecule has 74 valence electrons. The number of thioether (sulfide) groups is 1. The minimum absolute atomic E-state index is 0.781. The summed E-state index contributed by atoms with van der Waals surface area (Å²) >= 11 is 7.46. The summed E-state index contributed by atoms with van der Waals surface area (Å²) in [4.78, 5) is 0. The number of alkyl halides is 1. The van der Waals surface area contributed by atoms with E-state index in [0.717, 1.165) is 31.3 Å². The lowest BCUT2D eigenvalue weighted by atomic mass is 10.4. The molecular weight excluding hydrogens is 192 g/mol. The monoisotopic (exact) mass is 210 g/mol. The van der Waals surface area contributed by atoms with Crippen LogP contribution >= 0.6 is 23.4 Å². The zero-order chi connectivity index (χ0) is 9.07. The van der Waals surface area contributed by atoms with Crippen LogP contribution in [0.15, 0.2) is 0 Å². The Kier molecular flexibility index (Phi) is 12.2. The number of unbranched alkanes of at least 4 members (excludes halogenated alkanes) is 1. The maximum Gasteiger partial charge on any atom is 0.0556 e. The summed E-state index contributed by atoms with van der Waals surface area (Å²) in [6.07, 6.45) is 3.52. The highest BCUT2D eigenvalue weighted by atomic mass is 35.5. The Balaban J connectivity index is 2.73. The third-order valence-electron chi connectivity index (χ3n) is 1.44. The van der Waals surface area contributed by atoms with Gasteiger partial charge in [0.2, 0.25) is 0 Å². The first-order chi connectivity index (χ1) is 5.91. The van der Waals surface area contributed by atoms with Crippen LogP contribution in [0.25, 0.3) is 0 Å². The molecule has 0 rings (SSSR count). The molecule has 12 heavy (non-hydrogen) atoms. The summed E-state index contributed by atoms with van der Waals surface area (Å²) in [6, 6.07) is 0. The first-order valence-electron chi connectivity index (χ1n) is 4.63. The predicted molar refractivity (Wildman–Crippen MR) is 58.4 cm³/mol. The number of halogens is 1. The number of ether oxygens (including phenoxy) is 1. The van der Waals surface area contributed by atoms with Crippen LogP contribution in [0, 0.1) is 0 Å². The van der Waals surface area contributed by atoms with Gasteiger partial charge in [-0.15, -0.1) is 11.6 Å². The fourth-order valence-corrected chi connectivity index (χ4v) is 1.81. The van der Waals surface area contributed by atoms with Gasteiger partial charge in [0.05, 0.1) is 6.61 Å². The van der Waals surface area contributed by atoms with Crippen molar-refractivity contribution in [3.8, 4) is 0 Å². The molecule has 1 nitrogen and oxygen atoms in total. The topological polar surface area (TPSA) is 9.23 Å². The molecule has 0 spiro atoms. The SMILES string of the molecule is CCCCOCCSCCCCl. The Bertz CT molecular complexity index is 70.9. The molecule has 0 amide bonds. The van der Waals surface area contributed by atoms with Crippen LogP contribution in [-0.4, -0.2) is 30.6 Å². The van der Waals surface area contributed by atoms with E-state index in [1.165, 1.54) is 18.6 Å². The fourth-order valence-electron chi connectivity index (χ4n) is 0.725. The molecule has 0 unspecified atom stereocenters. The van der Waals surface area contributed by atoms with Crippen molar-refractivity contribution in [2.24, 2.45) is 0 Å². The van der Waals surface area contributed by atoms with E-state index in [1.54, 1.807) is 0 Å². The third kappa shape index (κ3) is 10.6. The second kappa shape index (κ2) is 11.6. The van der Waals surface area contributed by atoms with E-state index in [2.05, 4.69) is 6.92 Å². The van der Waals surface area contributed by atoms with E-state index in [-0.39, 0.29) is 0 Å². The van der Waals surface area contributed by atoms with Crippen LogP contribution in [0.3, 0.4) is 0 Å². The smallest absolute Gasteiger partial charge is 0.0556 e. The highest BCUT2D eigenvalue weighted by Crippen LogP contribution is 2.02. The predicted octanol–water partition coefficient (Wildman–Crippen LogP) is 3.17. The van der Waals surface area contributed by atoms with Crippen molar-refractivity contribution >= 4 is 23.4 Å². The number of hydrogen-bond donors (Lipinski definition) is 0. The maximum absolute atomic E-state index is 5.54. The lowest BCUT2D eigenvalue weighted by Gasteiger charge is -2.02. The molecule has 3 heteroatoms. The van der Waals surface area contributed by atoms with E-state index in [0.29, 0.717) is 0 Å². The molecule has 0 aromatic carbocycles. The van der Waals surface area contributed by atoms with Crippen LogP contribution < -0.4 is 0 Å². The first-order valence-corrected chi connectivity index (χ1v) is 6.32. The van der Waals surface area contributed by atoms with Crippen LogP contribution in [0.4, 0.5) is 0 Å². The van der Waals surface area contributed by atoms with Crippen molar-refractivity contribution in [1.29, 1.82) is 0 Å². The van der Waals surface area contributed by atoms with Gasteiger partial charge in [0.25, 0.3) is 0 Å². The summed E-state index contributed by atoms with van der Waals surface area (Å²) in [7, 11) is 0. The van der Waals surface area contributed by atoms with Crippen LogP contribution in [0.1, 0.15) is 26.2 Å². The molecule has 0 aliphatic carbocycles. The second-order valence-electron chi connectivity index (χ2n) is 2.62. The normalized spacial score (nSPS) is 10.5. The van der Waals surface area contributed by atoms with E-state index < -0.39 is 0 Å². The fraction of sp³-hybridized carbons (Fsp3) is 1.00. The molecular formula is C9H19ClOS. The number of rotatable bonds is 9. The Hall–Kier alpha value is 0.600. The van der Waals surface area contributed by atoms with E-state index in [9.17, 15) is 0 Å². The highest BCUT2D eigenvalue weighted by Gasteiger charge is 1.89. The van der Waals surface area contributed by atoms with Gasteiger partial charge in [-0.2, -0.15) is 11.8 Å². The molecule has 0 aromatic rings. The Labute approximate surface area is 85.2 Å². The summed E-state index contributed by atoms with van der Waals surface area (Å²) in [5, 5.41) is 0. The molecule has 0 atom stereocenters. The average Bonchev–Trinajstić information content (AvgIpc) is 2.10. The van der Waals surface area contributed by atoms with E-state index >= 15 is 0 Å². The summed E-state index contributed by atoms with van der Waals surface area (Å²) in [6.45, 7) is 4.00. The highest BCUT2D eigenvalue weighted by molar-refractivity contribution is 7.99. The molecule has 0 aliphatic rings. The van der Waals surface area contributed by atoms with Crippen LogP contribution in [0.2, 0.25) is 0 Å². The molecule has 0 N–H and O–H groups in total. The molecule has 0 heterocycles. The second-order valence-corrected chi connectivity index (χ2v) is 4.22. The molecule has 0 aliphatic heterocycles. The zero-order valence-electron chi connectivity index (χ0n) is 7.85. The van der Waals surface area contributed by atoms with E-state index in [4.69, 9.17) is 16.3 Å². The summed E-state index contributed by atoms with van der Waals surface area (Å²) in [5.74, 6) is 3.06. The van der Waals surface area contributed by atoms with Gasteiger partial charge < -0.3 is 4.74 Å². The number of hydrogen-bond acceptors (Lipinski definition) is 2.